The summed E-state index contributed by atoms with van der Waals surface area (Å²) < 4.78 is 0. The largest absolute Gasteiger partial charge is 0.368 e. The molecule has 0 aliphatic carbocycles. The van der Waals surface area contributed by atoms with Gasteiger partial charge in [0.15, 0.2) is 0 Å². The van der Waals surface area contributed by atoms with Gasteiger partial charge >= 0.3 is 0 Å². The maximum Gasteiger partial charge on any atom is 0.243 e. The number of nitrogens with two attached hydrogens (primary N) is 1. The zero-order valence-electron chi connectivity index (χ0n) is 18.1. The molecule has 6 nitrogen and oxygen atoms in total. The van der Waals surface area contributed by atoms with Crippen LogP contribution in [0.3, 0.4) is 0 Å². The highest BCUT2D eigenvalue weighted by molar-refractivity contribution is 5.91. The number of rotatable bonds is 8. The van der Waals surface area contributed by atoms with Crippen LogP contribution in [0.1, 0.15) is 44.4 Å². The molecule has 4 N–H and O–H groups in total. The molecule has 3 amide bonds. The van der Waals surface area contributed by atoms with Crippen LogP contribution in [0.15, 0.2) is 54.6 Å². The molecule has 160 valence electrons. The third-order valence-corrected chi connectivity index (χ3v) is 4.90. The quantitative estimate of drug-likeness (QED) is 0.623. The van der Waals surface area contributed by atoms with E-state index in [1.807, 2.05) is 54.6 Å². The molecule has 0 heterocycles. The third kappa shape index (κ3) is 7.03. The van der Waals surface area contributed by atoms with E-state index in [1.165, 1.54) is 12.5 Å². The first-order chi connectivity index (χ1) is 14.1. The van der Waals surface area contributed by atoms with Gasteiger partial charge in [-0.3, -0.25) is 14.4 Å². The Hall–Kier alpha value is -3.15. The third-order valence-electron chi connectivity index (χ3n) is 4.90. The number of benzene rings is 2. The molecule has 30 heavy (non-hydrogen) atoms. The second-order valence-corrected chi connectivity index (χ2v) is 8.56. The summed E-state index contributed by atoms with van der Waals surface area (Å²) in [7, 11) is 0. The lowest BCUT2D eigenvalue weighted by Gasteiger charge is -2.22. The SMILES string of the molecule is CC(=O)N[C@@H](Cc1ccccc1)C(=O)N[C@H](Cc1ccc(C(C)(C)C)cc1)C(N)=O. The molecule has 2 aromatic rings. The number of amides is 3. The lowest BCUT2D eigenvalue weighted by atomic mass is 9.86. The summed E-state index contributed by atoms with van der Waals surface area (Å²) in [5.74, 6) is -1.38. The van der Waals surface area contributed by atoms with Crippen molar-refractivity contribution in [1.82, 2.24) is 10.6 Å². The zero-order valence-corrected chi connectivity index (χ0v) is 18.1. The molecule has 0 aliphatic rings. The highest BCUT2D eigenvalue weighted by Crippen LogP contribution is 2.22. The van der Waals surface area contributed by atoms with E-state index in [9.17, 15) is 14.4 Å². The topological polar surface area (TPSA) is 101 Å². The number of hydrogen-bond donors (Lipinski definition) is 3. The van der Waals surface area contributed by atoms with Gasteiger partial charge in [0.2, 0.25) is 17.7 Å². The normalized spacial score (nSPS) is 13.2. The van der Waals surface area contributed by atoms with Gasteiger partial charge in [0.05, 0.1) is 0 Å². The average Bonchev–Trinajstić information content (AvgIpc) is 2.67. The van der Waals surface area contributed by atoms with Crippen molar-refractivity contribution in [2.75, 3.05) is 0 Å². The highest BCUT2D eigenvalue weighted by Gasteiger charge is 2.25. The van der Waals surface area contributed by atoms with E-state index in [1.54, 1.807) is 0 Å². The van der Waals surface area contributed by atoms with E-state index >= 15 is 0 Å². The lowest BCUT2D eigenvalue weighted by Crippen LogP contribution is -2.54. The van der Waals surface area contributed by atoms with Crippen molar-refractivity contribution in [3.05, 3.63) is 71.3 Å². The molecule has 2 atom stereocenters. The van der Waals surface area contributed by atoms with Crippen molar-refractivity contribution < 1.29 is 14.4 Å². The van der Waals surface area contributed by atoms with E-state index in [-0.39, 0.29) is 17.7 Å². The van der Waals surface area contributed by atoms with Crippen LogP contribution in [0, 0.1) is 0 Å². The van der Waals surface area contributed by atoms with E-state index in [0.717, 1.165) is 11.1 Å². The molecule has 0 saturated carbocycles. The van der Waals surface area contributed by atoms with Gasteiger partial charge < -0.3 is 16.4 Å². The molecule has 0 bridgehead atoms. The molecule has 0 spiro atoms. The summed E-state index contributed by atoms with van der Waals surface area (Å²) in [6, 6.07) is 15.6. The summed E-state index contributed by atoms with van der Waals surface area (Å²) in [4.78, 5) is 36.4. The fourth-order valence-electron chi connectivity index (χ4n) is 3.18. The molecule has 2 aromatic carbocycles. The Morgan fingerprint density at radius 1 is 0.833 bits per heavy atom. The second kappa shape index (κ2) is 10.1. The second-order valence-electron chi connectivity index (χ2n) is 8.56. The molecule has 0 radical (unpaired) electrons. The summed E-state index contributed by atoms with van der Waals surface area (Å²) in [5, 5.41) is 5.36. The molecule has 0 aromatic heterocycles. The molecule has 0 fully saturated rings. The van der Waals surface area contributed by atoms with Crippen LogP contribution in [-0.2, 0) is 32.6 Å². The van der Waals surface area contributed by atoms with Crippen molar-refractivity contribution in [3.63, 3.8) is 0 Å². The van der Waals surface area contributed by atoms with Crippen LogP contribution >= 0.6 is 0 Å². The van der Waals surface area contributed by atoms with Gasteiger partial charge in [-0.05, 0) is 22.1 Å². The molecule has 0 unspecified atom stereocenters. The van der Waals surface area contributed by atoms with Gasteiger partial charge in [-0.15, -0.1) is 0 Å². The van der Waals surface area contributed by atoms with Gasteiger partial charge in [-0.1, -0.05) is 75.4 Å². The Bertz CT molecular complexity index is 871. The molecular weight excluding hydrogens is 378 g/mol. The number of carbonyl (C=O) groups is 3. The van der Waals surface area contributed by atoms with Gasteiger partial charge in [0.1, 0.15) is 12.1 Å². The smallest absolute Gasteiger partial charge is 0.243 e. The Labute approximate surface area is 178 Å². The number of carbonyl (C=O) groups excluding carboxylic acids is 3. The van der Waals surface area contributed by atoms with Crippen LogP contribution in [0.25, 0.3) is 0 Å². The maximum absolute atomic E-state index is 12.8. The van der Waals surface area contributed by atoms with Crippen LogP contribution in [0.5, 0.6) is 0 Å². The van der Waals surface area contributed by atoms with E-state index in [4.69, 9.17) is 5.73 Å². The monoisotopic (exact) mass is 409 g/mol. The standard InChI is InChI=1S/C24H31N3O3/c1-16(28)26-21(15-17-8-6-5-7-9-17)23(30)27-20(22(25)29)14-18-10-12-19(13-11-18)24(2,3)4/h5-13,20-21H,14-15H2,1-4H3,(H2,25,29)(H,26,28)(H,27,30)/t20-,21+/m1/s1. The van der Waals surface area contributed by atoms with Gasteiger partial charge in [-0.2, -0.15) is 0 Å². The Kier molecular flexibility index (Phi) is 7.75. The minimum atomic E-state index is -0.870. The van der Waals surface area contributed by atoms with Crippen molar-refractivity contribution in [3.8, 4) is 0 Å². The number of hydrogen-bond acceptors (Lipinski definition) is 3. The summed E-state index contributed by atoms with van der Waals surface area (Å²) in [6.07, 6.45) is 0.599. The fourth-order valence-corrected chi connectivity index (χ4v) is 3.18. The predicted molar refractivity (Wildman–Crippen MR) is 118 cm³/mol. The first-order valence-corrected chi connectivity index (χ1v) is 10.1. The minimum Gasteiger partial charge on any atom is -0.368 e. The van der Waals surface area contributed by atoms with Crippen LogP contribution < -0.4 is 16.4 Å². The van der Waals surface area contributed by atoms with Crippen LogP contribution in [0.4, 0.5) is 0 Å². The van der Waals surface area contributed by atoms with Crippen LogP contribution in [0.2, 0.25) is 0 Å². The van der Waals surface area contributed by atoms with Gasteiger partial charge in [-0.25, -0.2) is 0 Å². The van der Waals surface area contributed by atoms with Gasteiger partial charge in [0.25, 0.3) is 0 Å². The molecule has 2 rings (SSSR count). The fraction of sp³-hybridized carbons (Fsp3) is 0.375. The Morgan fingerprint density at radius 2 is 1.37 bits per heavy atom. The Balaban J connectivity index is 2.11. The maximum atomic E-state index is 12.8. The van der Waals surface area contributed by atoms with Crippen molar-refractivity contribution in [2.45, 2.75) is 58.0 Å². The summed E-state index contributed by atoms with van der Waals surface area (Å²) in [5.41, 5.74) is 8.55. The zero-order chi connectivity index (χ0) is 22.3. The number of nitrogens with one attached hydrogen (secondary N) is 2. The highest BCUT2D eigenvalue weighted by atomic mass is 16.2. The van der Waals surface area contributed by atoms with E-state index < -0.39 is 23.9 Å². The molecule has 0 aliphatic heterocycles. The first-order valence-electron chi connectivity index (χ1n) is 10.1. The average molecular weight is 410 g/mol. The summed E-state index contributed by atoms with van der Waals surface area (Å²) in [6.45, 7) is 7.74. The van der Waals surface area contributed by atoms with Crippen molar-refractivity contribution in [1.29, 1.82) is 0 Å². The van der Waals surface area contributed by atoms with Gasteiger partial charge in [0, 0.05) is 19.8 Å². The first kappa shape index (κ1) is 23.1. The summed E-state index contributed by atoms with van der Waals surface area (Å²) >= 11 is 0. The Morgan fingerprint density at radius 3 is 1.87 bits per heavy atom. The van der Waals surface area contributed by atoms with Crippen molar-refractivity contribution >= 4 is 17.7 Å². The van der Waals surface area contributed by atoms with Crippen LogP contribution in [-0.4, -0.2) is 29.8 Å². The van der Waals surface area contributed by atoms with Crippen molar-refractivity contribution in [2.24, 2.45) is 5.73 Å². The molecule has 6 heteroatoms. The minimum absolute atomic E-state index is 0.0266. The lowest BCUT2D eigenvalue weighted by molar-refractivity contribution is -0.130. The number of primary amides is 1. The van der Waals surface area contributed by atoms with E-state index in [0.29, 0.717) is 6.42 Å². The predicted octanol–water partition coefficient (Wildman–Crippen LogP) is 2.24. The molecular formula is C24H31N3O3. The molecule has 0 saturated heterocycles. The van der Waals surface area contributed by atoms with E-state index in [2.05, 4.69) is 31.4 Å².